The van der Waals surface area contributed by atoms with Gasteiger partial charge in [0.05, 0.1) is 32.4 Å². The number of sulfonamides is 1. The van der Waals surface area contributed by atoms with Crippen molar-refractivity contribution in [1.29, 1.82) is 0 Å². The smallest absolute Gasteiger partial charge is 0.283 e. The van der Waals surface area contributed by atoms with Gasteiger partial charge in [-0.2, -0.15) is 8.42 Å². The van der Waals surface area contributed by atoms with E-state index in [2.05, 4.69) is 9.88 Å². The lowest BCUT2D eigenvalue weighted by Gasteiger charge is -2.18. The summed E-state index contributed by atoms with van der Waals surface area (Å²) < 4.78 is 51.1. The number of amides is 1. The predicted molar refractivity (Wildman–Crippen MR) is 138 cm³/mol. The number of fused-ring (bicyclic) bond motifs is 1. The summed E-state index contributed by atoms with van der Waals surface area (Å²) >= 11 is 0. The first-order valence-electron chi connectivity index (χ1n) is 11.3. The normalized spacial score (nSPS) is 11.4. The molecule has 1 aromatic heterocycles. The highest BCUT2D eigenvalue weighted by atomic mass is 32.2. The van der Waals surface area contributed by atoms with Gasteiger partial charge in [-0.1, -0.05) is 24.2 Å². The number of carbonyl (C=O) groups excluding carboxylic acids is 1. The topological polar surface area (TPSA) is 143 Å². The molecule has 0 aliphatic carbocycles. The molecular formula is C26H27N3O7S. The summed E-state index contributed by atoms with van der Waals surface area (Å²) in [5.74, 6) is 0.937. The van der Waals surface area contributed by atoms with Crippen LogP contribution in [-0.2, 0) is 22.9 Å². The second-order valence-electron chi connectivity index (χ2n) is 8.21. The Morgan fingerprint density at radius 3 is 2.43 bits per heavy atom. The van der Waals surface area contributed by atoms with E-state index in [4.69, 9.17) is 24.5 Å². The van der Waals surface area contributed by atoms with Crippen molar-refractivity contribution in [2.24, 2.45) is 5.73 Å². The molecule has 0 atom stereocenters. The zero-order valence-electron chi connectivity index (χ0n) is 20.8. The van der Waals surface area contributed by atoms with Gasteiger partial charge in [0.15, 0.2) is 5.58 Å². The van der Waals surface area contributed by atoms with E-state index in [0.29, 0.717) is 30.1 Å². The fraction of sp³-hybridized carbons (Fsp3) is 0.231. The first kappa shape index (κ1) is 25.8. The third kappa shape index (κ3) is 5.17. The number of primary amides is 1. The van der Waals surface area contributed by atoms with Crippen molar-refractivity contribution in [2.45, 2.75) is 24.8 Å². The van der Waals surface area contributed by atoms with Crippen LogP contribution in [0.2, 0.25) is 0 Å². The van der Waals surface area contributed by atoms with E-state index in [9.17, 15) is 13.2 Å². The molecule has 0 aliphatic heterocycles. The highest BCUT2D eigenvalue weighted by molar-refractivity contribution is 7.92. The molecule has 0 saturated carbocycles. The van der Waals surface area contributed by atoms with Crippen molar-refractivity contribution < 1.29 is 31.9 Å². The highest BCUT2D eigenvalue weighted by Crippen LogP contribution is 2.37. The van der Waals surface area contributed by atoms with E-state index in [-0.39, 0.29) is 27.2 Å². The number of nitrogens with zero attached hydrogens (tertiary/aromatic N) is 1. The summed E-state index contributed by atoms with van der Waals surface area (Å²) in [5, 5.41) is 3.51. The summed E-state index contributed by atoms with van der Waals surface area (Å²) in [6.07, 6.45) is 1.06. The molecule has 1 heterocycles. The SMILES string of the molecule is CCc1cc(Cc2ccc(OC)cc2OC)c(OC)c(NS(=O)(=O)c2noc3ccc(C(N)=O)cc23)c1. The molecule has 3 aromatic carbocycles. The van der Waals surface area contributed by atoms with Crippen LogP contribution in [0.3, 0.4) is 0 Å². The predicted octanol–water partition coefficient (Wildman–Crippen LogP) is 3.91. The average Bonchev–Trinajstić information content (AvgIpc) is 3.33. The minimum Gasteiger partial charge on any atom is -0.497 e. The zero-order valence-corrected chi connectivity index (χ0v) is 21.6. The minimum absolute atomic E-state index is 0.133. The van der Waals surface area contributed by atoms with E-state index in [1.807, 2.05) is 25.1 Å². The summed E-state index contributed by atoms with van der Waals surface area (Å²) in [6, 6.07) is 13.4. The van der Waals surface area contributed by atoms with Crippen LogP contribution in [0.25, 0.3) is 11.0 Å². The molecule has 0 spiro atoms. The van der Waals surface area contributed by atoms with Crippen LogP contribution in [0.5, 0.6) is 17.2 Å². The number of benzene rings is 3. The number of methoxy groups -OCH3 is 3. The van der Waals surface area contributed by atoms with Gasteiger partial charge < -0.3 is 24.5 Å². The fourth-order valence-electron chi connectivity index (χ4n) is 4.07. The summed E-state index contributed by atoms with van der Waals surface area (Å²) in [4.78, 5) is 11.6. The Labute approximate surface area is 214 Å². The molecule has 1 amide bonds. The molecule has 194 valence electrons. The number of nitrogens with one attached hydrogen (secondary N) is 1. The van der Waals surface area contributed by atoms with Crippen LogP contribution >= 0.6 is 0 Å². The van der Waals surface area contributed by atoms with E-state index >= 15 is 0 Å². The van der Waals surface area contributed by atoms with E-state index in [0.717, 1.165) is 16.7 Å². The van der Waals surface area contributed by atoms with Gasteiger partial charge in [-0.25, -0.2) is 0 Å². The Balaban J connectivity index is 1.77. The van der Waals surface area contributed by atoms with E-state index in [1.54, 1.807) is 26.4 Å². The Bertz CT molecular complexity index is 1580. The second-order valence-corrected chi connectivity index (χ2v) is 9.81. The maximum atomic E-state index is 13.4. The molecule has 0 unspecified atom stereocenters. The molecule has 10 nitrogen and oxygen atoms in total. The molecular weight excluding hydrogens is 498 g/mol. The Morgan fingerprint density at radius 1 is 1.00 bits per heavy atom. The Morgan fingerprint density at radius 2 is 1.78 bits per heavy atom. The number of rotatable bonds is 10. The number of aryl methyl sites for hydroxylation is 1. The number of carbonyl (C=O) groups is 1. The molecule has 0 radical (unpaired) electrons. The van der Waals surface area contributed by atoms with Crippen LogP contribution in [0, 0.1) is 0 Å². The number of aromatic nitrogens is 1. The Hall–Kier alpha value is -4.25. The van der Waals surface area contributed by atoms with Crippen LogP contribution < -0.4 is 24.7 Å². The lowest BCUT2D eigenvalue weighted by Crippen LogP contribution is -2.16. The van der Waals surface area contributed by atoms with E-state index in [1.165, 1.54) is 25.3 Å². The van der Waals surface area contributed by atoms with Crippen LogP contribution in [0.1, 0.15) is 34.0 Å². The molecule has 0 saturated heterocycles. The van der Waals surface area contributed by atoms with Crippen molar-refractivity contribution >= 4 is 32.6 Å². The second kappa shape index (κ2) is 10.4. The van der Waals surface area contributed by atoms with Crippen LogP contribution in [0.15, 0.2) is 58.1 Å². The lowest BCUT2D eigenvalue weighted by atomic mass is 9.99. The molecule has 0 fully saturated rings. The van der Waals surface area contributed by atoms with Gasteiger partial charge in [0.25, 0.3) is 10.0 Å². The fourth-order valence-corrected chi connectivity index (χ4v) is 5.19. The van der Waals surface area contributed by atoms with Crippen molar-refractivity contribution in [3.63, 3.8) is 0 Å². The molecule has 4 rings (SSSR count). The molecule has 3 N–H and O–H groups in total. The Kier molecular flexibility index (Phi) is 7.25. The monoisotopic (exact) mass is 525 g/mol. The van der Waals surface area contributed by atoms with Gasteiger partial charge in [-0.15, -0.1) is 0 Å². The first-order valence-corrected chi connectivity index (χ1v) is 12.8. The lowest BCUT2D eigenvalue weighted by molar-refractivity contribution is 0.100. The number of hydrogen-bond acceptors (Lipinski definition) is 8. The van der Waals surface area contributed by atoms with Gasteiger partial charge in [-0.3, -0.25) is 9.52 Å². The maximum absolute atomic E-state index is 13.4. The summed E-state index contributed by atoms with van der Waals surface area (Å²) in [6.45, 7) is 1.97. The highest BCUT2D eigenvalue weighted by Gasteiger charge is 2.26. The van der Waals surface area contributed by atoms with Crippen LogP contribution in [-0.4, -0.2) is 40.8 Å². The molecule has 11 heteroatoms. The number of anilines is 1. The van der Waals surface area contributed by atoms with Gasteiger partial charge in [0, 0.05) is 23.6 Å². The van der Waals surface area contributed by atoms with Crippen molar-refractivity contribution in [1.82, 2.24) is 5.16 Å². The molecule has 0 bridgehead atoms. The van der Waals surface area contributed by atoms with E-state index < -0.39 is 15.9 Å². The largest absolute Gasteiger partial charge is 0.497 e. The summed E-state index contributed by atoms with van der Waals surface area (Å²) in [5.41, 5.74) is 8.44. The molecule has 0 aliphatic rings. The van der Waals surface area contributed by atoms with Gasteiger partial charge in [-0.05, 0) is 47.9 Å². The quantitative estimate of drug-likeness (QED) is 0.317. The summed E-state index contributed by atoms with van der Waals surface area (Å²) in [7, 11) is 0.384. The number of ether oxygens (including phenoxy) is 3. The zero-order chi connectivity index (χ0) is 26.7. The maximum Gasteiger partial charge on any atom is 0.283 e. The third-order valence-electron chi connectivity index (χ3n) is 5.93. The molecule has 37 heavy (non-hydrogen) atoms. The third-order valence-corrected chi connectivity index (χ3v) is 7.23. The van der Waals surface area contributed by atoms with Crippen LogP contribution in [0.4, 0.5) is 5.69 Å². The van der Waals surface area contributed by atoms with Gasteiger partial charge >= 0.3 is 0 Å². The number of hydrogen-bond donors (Lipinski definition) is 2. The van der Waals surface area contributed by atoms with Gasteiger partial charge in [0.2, 0.25) is 10.9 Å². The number of nitrogens with two attached hydrogens (primary N) is 1. The average molecular weight is 526 g/mol. The van der Waals surface area contributed by atoms with Crippen molar-refractivity contribution in [3.8, 4) is 17.2 Å². The standard InChI is InChI=1S/C26H27N3O7S/c1-5-15-10-18(12-16-6-8-19(33-2)14-23(16)34-3)24(35-4)21(11-15)29-37(31,32)26-20-13-17(25(27)30)7-9-22(20)36-28-26/h6-11,13-14,29H,5,12H2,1-4H3,(H2,27,30). The molecule has 4 aromatic rings. The minimum atomic E-state index is -4.24. The van der Waals surface area contributed by atoms with Crippen molar-refractivity contribution in [2.75, 3.05) is 26.1 Å². The van der Waals surface area contributed by atoms with Crippen molar-refractivity contribution in [3.05, 3.63) is 70.8 Å². The van der Waals surface area contributed by atoms with Gasteiger partial charge in [0.1, 0.15) is 17.2 Å². The first-order chi connectivity index (χ1) is 17.7.